The summed E-state index contributed by atoms with van der Waals surface area (Å²) in [5, 5.41) is 31.6. The van der Waals surface area contributed by atoms with Crippen molar-refractivity contribution in [1.29, 1.82) is 0 Å². The molecule has 0 bridgehead atoms. The van der Waals surface area contributed by atoms with E-state index in [2.05, 4.69) is 106 Å². The summed E-state index contributed by atoms with van der Waals surface area (Å²) in [4.78, 5) is 51.3. The molecule has 0 aromatic heterocycles. The Labute approximate surface area is 492 Å². The van der Waals surface area contributed by atoms with Gasteiger partial charge in [-0.2, -0.15) is 0 Å². The number of ether oxygens (including phenoxy) is 5. The van der Waals surface area contributed by atoms with Crippen LogP contribution in [0.4, 0.5) is 0 Å². The lowest BCUT2D eigenvalue weighted by Crippen LogP contribution is -2.61. The van der Waals surface area contributed by atoms with Gasteiger partial charge in [0.05, 0.1) is 6.61 Å². The van der Waals surface area contributed by atoms with Crippen LogP contribution in [0.5, 0.6) is 0 Å². The zero-order chi connectivity index (χ0) is 58.9. The molecule has 3 N–H and O–H groups in total. The lowest BCUT2D eigenvalue weighted by Gasteiger charge is -2.40. The highest BCUT2D eigenvalue weighted by Crippen LogP contribution is 2.27. The molecule has 6 atom stereocenters. The number of hydrogen-bond donors (Lipinski definition) is 3. The van der Waals surface area contributed by atoms with Crippen molar-refractivity contribution >= 4 is 23.9 Å². The van der Waals surface area contributed by atoms with Crippen LogP contribution in [0.25, 0.3) is 0 Å². The molecule has 1 saturated heterocycles. The topological polar surface area (TPSA) is 175 Å². The highest BCUT2D eigenvalue weighted by Gasteiger charge is 2.50. The van der Waals surface area contributed by atoms with Crippen molar-refractivity contribution in [2.75, 3.05) is 13.2 Å². The molecule has 0 aromatic rings. The van der Waals surface area contributed by atoms with Gasteiger partial charge in [0.2, 0.25) is 0 Å². The van der Waals surface area contributed by atoms with Gasteiger partial charge in [0.25, 0.3) is 0 Å². The molecule has 0 aliphatic carbocycles. The third-order valence-electron chi connectivity index (χ3n) is 14.5. The average Bonchev–Trinajstić information content (AvgIpc) is 3.53. The lowest BCUT2D eigenvalue weighted by atomic mass is 9.98. The maximum absolute atomic E-state index is 13.2. The Balaban J connectivity index is 2.69. The van der Waals surface area contributed by atoms with Crippen molar-refractivity contribution in [3.8, 4) is 0 Å². The first-order chi connectivity index (χ1) is 39.6. The van der Waals surface area contributed by atoms with Crippen LogP contribution in [0.1, 0.15) is 278 Å². The Kier molecular flexibility index (Phi) is 52.1. The summed E-state index contributed by atoms with van der Waals surface area (Å²) >= 11 is 0. The second-order valence-corrected chi connectivity index (χ2v) is 22.0. The van der Waals surface area contributed by atoms with E-state index in [4.69, 9.17) is 23.7 Å². The van der Waals surface area contributed by atoms with Crippen LogP contribution in [-0.2, 0) is 42.9 Å². The zero-order valence-electron chi connectivity index (χ0n) is 51.3. The zero-order valence-corrected chi connectivity index (χ0v) is 51.3. The van der Waals surface area contributed by atoms with Gasteiger partial charge in [-0.25, -0.2) is 4.79 Å². The Morgan fingerprint density at radius 1 is 0.420 bits per heavy atom. The van der Waals surface area contributed by atoms with E-state index in [0.29, 0.717) is 19.3 Å². The predicted molar refractivity (Wildman–Crippen MR) is 331 cm³/mol. The summed E-state index contributed by atoms with van der Waals surface area (Å²) in [5.74, 6) is -3.16. The summed E-state index contributed by atoms with van der Waals surface area (Å²) in [7, 11) is 0. The van der Waals surface area contributed by atoms with E-state index in [1.54, 1.807) is 0 Å². The SMILES string of the molecule is CC/C=C\C/C=C\C/C=C\C/C=C\C/C=C\CCCCCC(=O)OCC(COC1OC(C(=O)O)C(O)C(O)C1OC(=O)CCCCCCCCCCCCCCCCC)OC(=O)CCCCCCCCC/C=C\C/C=C\CCCCC. The fourth-order valence-electron chi connectivity index (χ4n) is 9.48. The minimum absolute atomic E-state index is 0.0569. The van der Waals surface area contributed by atoms with Crippen molar-refractivity contribution in [2.45, 2.75) is 314 Å². The number of hydrogen-bond acceptors (Lipinski definition) is 11. The number of carboxylic acid groups (broad SMARTS) is 1. The molecule has 81 heavy (non-hydrogen) atoms. The molecule has 1 heterocycles. The number of aliphatic carboxylic acids is 1. The summed E-state index contributed by atoms with van der Waals surface area (Å²) < 4.78 is 28.5. The van der Waals surface area contributed by atoms with Gasteiger partial charge in [-0.05, 0) is 96.3 Å². The van der Waals surface area contributed by atoms with E-state index in [9.17, 15) is 34.5 Å². The standard InChI is InChI=1S/C69H116O12/c1-4-7-10-13-16-19-22-25-28-30-31-33-35-37-40-43-46-49-52-55-61(70)77-58-60(79-62(71)56-53-50-47-44-41-39-36-32-29-26-23-20-17-14-11-8-5-2)59-78-69-67(65(74)64(73)66(81-69)68(75)76)80-63(72)57-54-51-48-45-42-38-34-27-24-21-18-15-12-9-6-3/h7,10,16-17,19-20,25-26,28-29,31,33,37,40,60,64-67,69,73-74H,4-6,8-9,11-15,18,21-24,27,30,32,34-36,38-39,41-59H2,1-3H3,(H,75,76)/b10-7-,19-16-,20-17-,28-25-,29-26-,33-31-,40-37-. The highest BCUT2D eigenvalue weighted by atomic mass is 16.7. The largest absolute Gasteiger partial charge is 0.479 e. The Bertz CT molecular complexity index is 1730. The van der Waals surface area contributed by atoms with Crippen LogP contribution < -0.4 is 0 Å². The van der Waals surface area contributed by atoms with Gasteiger partial charge >= 0.3 is 23.9 Å². The average molecular weight is 1140 g/mol. The molecule has 1 aliphatic heterocycles. The number of carbonyl (C=O) groups excluding carboxylic acids is 3. The molecule has 1 fully saturated rings. The minimum atomic E-state index is -1.91. The molecule has 0 amide bonds. The fraction of sp³-hybridized carbons (Fsp3) is 0.739. The van der Waals surface area contributed by atoms with E-state index in [-0.39, 0.29) is 25.9 Å². The third kappa shape index (κ3) is 46.0. The van der Waals surface area contributed by atoms with E-state index >= 15 is 0 Å². The number of rotatable bonds is 55. The van der Waals surface area contributed by atoms with Crippen LogP contribution in [-0.4, -0.2) is 89.2 Å². The molecular formula is C69H116O12. The molecule has 6 unspecified atom stereocenters. The first kappa shape index (κ1) is 74.9. The van der Waals surface area contributed by atoms with Gasteiger partial charge in [-0.3, -0.25) is 14.4 Å². The normalized spacial score (nSPS) is 18.3. The first-order valence-electron chi connectivity index (χ1n) is 32.6. The van der Waals surface area contributed by atoms with E-state index in [0.717, 1.165) is 128 Å². The number of aliphatic hydroxyl groups excluding tert-OH is 2. The third-order valence-corrected chi connectivity index (χ3v) is 14.5. The van der Waals surface area contributed by atoms with Gasteiger partial charge in [-0.1, -0.05) is 247 Å². The monoisotopic (exact) mass is 1140 g/mol. The number of esters is 3. The van der Waals surface area contributed by atoms with Crippen LogP contribution >= 0.6 is 0 Å². The van der Waals surface area contributed by atoms with Crippen LogP contribution in [0.2, 0.25) is 0 Å². The van der Waals surface area contributed by atoms with Crippen LogP contribution in [0.15, 0.2) is 85.1 Å². The molecule has 1 rings (SSSR count). The van der Waals surface area contributed by atoms with Gasteiger partial charge in [-0.15, -0.1) is 0 Å². The van der Waals surface area contributed by atoms with E-state index in [1.165, 1.54) is 89.9 Å². The molecule has 0 spiro atoms. The molecule has 0 saturated carbocycles. The molecular weight excluding hydrogens is 1020 g/mol. The summed E-state index contributed by atoms with van der Waals surface area (Å²) in [5.41, 5.74) is 0. The minimum Gasteiger partial charge on any atom is -0.479 e. The van der Waals surface area contributed by atoms with Crippen molar-refractivity contribution in [1.82, 2.24) is 0 Å². The van der Waals surface area contributed by atoms with Crippen molar-refractivity contribution in [3.63, 3.8) is 0 Å². The molecule has 12 nitrogen and oxygen atoms in total. The molecule has 464 valence electrons. The fourth-order valence-corrected chi connectivity index (χ4v) is 9.48. The number of carboxylic acids is 1. The molecule has 0 aromatic carbocycles. The van der Waals surface area contributed by atoms with Crippen molar-refractivity contribution < 1.29 is 58.2 Å². The maximum Gasteiger partial charge on any atom is 0.335 e. The van der Waals surface area contributed by atoms with E-state index < -0.39 is 67.3 Å². The van der Waals surface area contributed by atoms with Crippen molar-refractivity contribution in [3.05, 3.63) is 85.1 Å². The maximum atomic E-state index is 13.2. The van der Waals surface area contributed by atoms with E-state index in [1.807, 2.05) is 0 Å². The Morgan fingerprint density at radius 2 is 0.778 bits per heavy atom. The van der Waals surface area contributed by atoms with Gasteiger partial charge in [0.15, 0.2) is 24.6 Å². The molecule has 0 radical (unpaired) electrons. The Hall–Kier alpha value is -4.10. The molecule has 12 heteroatoms. The van der Waals surface area contributed by atoms with Crippen LogP contribution in [0.3, 0.4) is 0 Å². The quantitative estimate of drug-likeness (QED) is 0.0228. The number of aliphatic hydroxyl groups is 2. The highest BCUT2D eigenvalue weighted by molar-refractivity contribution is 5.74. The first-order valence-corrected chi connectivity index (χ1v) is 32.6. The van der Waals surface area contributed by atoms with Crippen LogP contribution in [0, 0.1) is 0 Å². The van der Waals surface area contributed by atoms with Gasteiger partial charge in [0.1, 0.15) is 18.8 Å². The van der Waals surface area contributed by atoms with Gasteiger partial charge < -0.3 is 39.0 Å². The lowest BCUT2D eigenvalue weighted by molar-refractivity contribution is -0.301. The smallest absolute Gasteiger partial charge is 0.335 e. The number of carbonyl (C=O) groups is 4. The summed E-state index contributed by atoms with van der Waals surface area (Å²) in [6.07, 6.45) is 61.1. The Morgan fingerprint density at radius 3 is 1.22 bits per heavy atom. The van der Waals surface area contributed by atoms with Gasteiger partial charge in [0, 0.05) is 19.3 Å². The summed E-state index contributed by atoms with van der Waals surface area (Å²) in [6.45, 7) is 5.85. The number of allylic oxidation sites excluding steroid dienone is 14. The predicted octanol–water partition coefficient (Wildman–Crippen LogP) is 17.5. The molecule has 1 aliphatic rings. The van der Waals surface area contributed by atoms with Crippen molar-refractivity contribution in [2.24, 2.45) is 0 Å². The number of unbranched alkanes of at least 4 members (excludes halogenated alkanes) is 27. The second-order valence-electron chi connectivity index (χ2n) is 22.0. The second kappa shape index (κ2) is 56.4. The summed E-state index contributed by atoms with van der Waals surface area (Å²) in [6, 6.07) is 0.